The zero-order valence-electron chi connectivity index (χ0n) is 10.3. The van der Waals surface area contributed by atoms with E-state index in [1.807, 2.05) is 23.9 Å². The summed E-state index contributed by atoms with van der Waals surface area (Å²) in [6.07, 6.45) is 6.20. The summed E-state index contributed by atoms with van der Waals surface area (Å²) in [4.78, 5) is 16.5. The number of aromatic nitrogens is 1. The van der Waals surface area contributed by atoms with Crippen molar-refractivity contribution < 1.29 is 9.53 Å². The van der Waals surface area contributed by atoms with Gasteiger partial charge in [-0.3, -0.25) is 9.78 Å². The highest BCUT2D eigenvalue weighted by molar-refractivity contribution is 7.99. The van der Waals surface area contributed by atoms with E-state index < -0.39 is 0 Å². The lowest BCUT2D eigenvalue weighted by Crippen LogP contribution is -2.42. The second kappa shape index (κ2) is 5.02. The van der Waals surface area contributed by atoms with Crippen LogP contribution in [0.1, 0.15) is 29.6 Å². The van der Waals surface area contributed by atoms with Crippen molar-refractivity contribution in [3.63, 3.8) is 0 Å². The Hall–Kier alpha value is -0.870. The van der Waals surface area contributed by atoms with E-state index in [0.717, 1.165) is 42.9 Å². The van der Waals surface area contributed by atoms with Gasteiger partial charge < -0.3 is 4.74 Å². The Balaban J connectivity index is 1.74. The Labute approximate surface area is 111 Å². The largest absolute Gasteiger partial charge is 0.374 e. The van der Waals surface area contributed by atoms with Crippen LogP contribution in [0.5, 0.6) is 0 Å². The highest BCUT2D eigenvalue weighted by Gasteiger charge is 2.42. The molecule has 18 heavy (non-hydrogen) atoms. The molecule has 0 aromatic carbocycles. The van der Waals surface area contributed by atoms with Gasteiger partial charge in [-0.15, -0.1) is 0 Å². The molecule has 96 valence electrons. The van der Waals surface area contributed by atoms with Crippen molar-refractivity contribution in [3.05, 3.63) is 30.1 Å². The van der Waals surface area contributed by atoms with Gasteiger partial charge in [0.15, 0.2) is 5.78 Å². The summed E-state index contributed by atoms with van der Waals surface area (Å²) in [6.45, 7) is 0.719. The first-order valence-electron chi connectivity index (χ1n) is 6.45. The van der Waals surface area contributed by atoms with Crippen molar-refractivity contribution in [1.82, 2.24) is 4.98 Å². The maximum absolute atomic E-state index is 12.4. The van der Waals surface area contributed by atoms with E-state index in [2.05, 4.69) is 4.98 Å². The number of thioether (sulfide) groups is 1. The fraction of sp³-hybridized carbons (Fsp3) is 0.571. The average molecular weight is 263 g/mol. The lowest BCUT2D eigenvalue weighted by Gasteiger charge is -2.37. The van der Waals surface area contributed by atoms with Crippen molar-refractivity contribution in [2.45, 2.75) is 24.9 Å². The lowest BCUT2D eigenvalue weighted by molar-refractivity contribution is -0.0734. The monoisotopic (exact) mass is 263 g/mol. The first kappa shape index (κ1) is 12.2. The molecule has 0 radical (unpaired) electrons. The number of hydrogen-bond donors (Lipinski definition) is 0. The summed E-state index contributed by atoms with van der Waals surface area (Å²) in [5.74, 6) is 2.56. The molecule has 0 amide bonds. The Morgan fingerprint density at radius 1 is 1.56 bits per heavy atom. The molecule has 2 aliphatic rings. The van der Waals surface area contributed by atoms with Crippen LogP contribution in [0.3, 0.4) is 0 Å². The molecule has 2 aliphatic heterocycles. The fourth-order valence-corrected chi connectivity index (χ4v) is 4.24. The third-order valence-corrected chi connectivity index (χ3v) is 5.10. The molecular weight excluding hydrogens is 246 g/mol. The van der Waals surface area contributed by atoms with E-state index >= 15 is 0 Å². The van der Waals surface area contributed by atoms with Crippen molar-refractivity contribution in [1.29, 1.82) is 0 Å². The van der Waals surface area contributed by atoms with Gasteiger partial charge in [0.2, 0.25) is 0 Å². The number of rotatable bonds is 2. The molecule has 2 fully saturated rings. The maximum Gasteiger partial charge on any atom is 0.167 e. The Morgan fingerprint density at radius 3 is 3.22 bits per heavy atom. The number of ketones is 1. The van der Waals surface area contributed by atoms with Gasteiger partial charge in [-0.25, -0.2) is 0 Å². The van der Waals surface area contributed by atoms with Crippen molar-refractivity contribution in [3.8, 4) is 0 Å². The number of hydrogen-bond acceptors (Lipinski definition) is 4. The standard InChI is InChI=1S/C14H17NO2S/c16-13(12-2-1-5-15-9-12)11-3-6-17-14(8-11)4-7-18-10-14/h1-2,5,9,11H,3-4,6-8,10H2. The Bertz CT molecular complexity index is 429. The smallest absolute Gasteiger partial charge is 0.167 e. The van der Waals surface area contributed by atoms with Crippen LogP contribution < -0.4 is 0 Å². The normalized spacial score (nSPS) is 31.7. The summed E-state index contributed by atoms with van der Waals surface area (Å²) in [6, 6.07) is 3.69. The minimum atomic E-state index is -0.0224. The number of carbonyl (C=O) groups is 1. The predicted octanol–water partition coefficient (Wildman–Crippen LogP) is 2.57. The molecule has 2 saturated heterocycles. The van der Waals surface area contributed by atoms with E-state index in [9.17, 15) is 4.79 Å². The molecule has 0 saturated carbocycles. The van der Waals surface area contributed by atoms with E-state index in [0.29, 0.717) is 0 Å². The minimum absolute atomic E-state index is 0.0224. The van der Waals surface area contributed by atoms with Gasteiger partial charge in [-0.2, -0.15) is 11.8 Å². The number of Topliss-reactive ketones (excluding diaryl/α,β-unsaturated/α-hetero) is 1. The molecule has 2 unspecified atom stereocenters. The predicted molar refractivity (Wildman–Crippen MR) is 71.9 cm³/mol. The third-order valence-electron chi connectivity index (χ3n) is 3.88. The molecule has 0 N–H and O–H groups in total. The van der Waals surface area contributed by atoms with Crippen LogP contribution in [0.15, 0.2) is 24.5 Å². The SMILES string of the molecule is O=C(c1cccnc1)C1CCOC2(CCSC2)C1. The molecular formula is C14H17NO2S. The van der Waals surface area contributed by atoms with E-state index in [1.165, 1.54) is 0 Å². The van der Waals surface area contributed by atoms with E-state index in [1.54, 1.807) is 12.4 Å². The molecule has 1 aromatic rings. The highest BCUT2D eigenvalue weighted by atomic mass is 32.2. The van der Waals surface area contributed by atoms with Crippen LogP contribution >= 0.6 is 11.8 Å². The second-order valence-electron chi connectivity index (χ2n) is 5.13. The van der Waals surface area contributed by atoms with Gasteiger partial charge in [0, 0.05) is 36.2 Å². The van der Waals surface area contributed by atoms with Crippen LogP contribution in [-0.4, -0.2) is 34.5 Å². The van der Waals surface area contributed by atoms with Crippen molar-refractivity contribution in [2.75, 3.05) is 18.1 Å². The number of pyridine rings is 1. The van der Waals surface area contributed by atoms with Crippen LogP contribution in [0.2, 0.25) is 0 Å². The maximum atomic E-state index is 12.4. The zero-order chi connectivity index (χ0) is 12.4. The van der Waals surface area contributed by atoms with Crippen molar-refractivity contribution in [2.24, 2.45) is 5.92 Å². The number of nitrogens with zero attached hydrogens (tertiary/aromatic N) is 1. The topological polar surface area (TPSA) is 39.2 Å². The van der Waals surface area contributed by atoms with Gasteiger partial charge in [-0.05, 0) is 37.1 Å². The summed E-state index contributed by atoms with van der Waals surface area (Å²) >= 11 is 1.94. The Morgan fingerprint density at radius 2 is 2.50 bits per heavy atom. The molecule has 2 atom stereocenters. The second-order valence-corrected chi connectivity index (χ2v) is 6.23. The van der Waals surface area contributed by atoms with Crippen LogP contribution in [-0.2, 0) is 4.74 Å². The number of ether oxygens (including phenoxy) is 1. The van der Waals surface area contributed by atoms with Crippen LogP contribution in [0.4, 0.5) is 0 Å². The van der Waals surface area contributed by atoms with E-state index in [-0.39, 0.29) is 17.3 Å². The summed E-state index contributed by atoms with van der Waals surface area (Å²) in [5.41, 5.74) is 0.719. The molecule has 0 bridgehead atoms. The summed E-state index contributed by atoms with van der Waals surface area (Å²) < 4.78 is 5.95. The summed E-state index contributed by atoms with van der Waals surface area (Å²) in [5, 5.41) is 0. The van der Waals surface area contributed by atoms with Crippen LogP contribution in [0.25, 0.3) is 0 Å². The van der Waals surface area contributed by atoms with Gasteiger partial charge in [0.05, 0.1) is 5.60 Å². The quantitative estimate of drug-likeness (QED) is 0.769. The van der Waals surface area contributed by atoms with Crippen LogP contribution in [0, 0.1) is 5.92 Å². The molecule has 1 spiro atoms. The minimum Gasteiger partial charge on any atom is -0.374 e. The lowest BCUT2D eigenvalue weighted by atomic mass is 9.81. The first-order chi connectivity index (χ1) is 8.79. The number of carbonyl (C=O) groups excluding carboxylic acids is 1. The molecule has 4 heteroatoms. The fourth-order valence-electron chi connectivity index (χ4n) is 2.86. The summed E-state index contributed by atoms with van der Waals surface area (Å²) in [7, 11) is 0. The molecule has 0 aliphatic carbocycles. The zero-order valence-corrected chi connectivity index (χ0v) is 11.1. The molecule has 3 heterocycles. The highest BCUT2D eigenvalue weighted by Crippen LogP contribution is 2.41. The first-order valence-corrected chi connectivity index (χ1v) is 7.61. The van der Waals surface area contributed by atoms with Crippen molar-refractivity contribution >= 4 is 17.5 Å². The van der Waals surface area contributed by atoms with Gasteiger partial charge in [0.1, 0.15) is 0 Å². The van der Waals surface area contributed by atoms with Gasteiger partial charge in [0.25, 0.3) is 0 Å². The molecule has 3 nitrogen and oxygen atoms in total. The van der Waals surface area contributed by atoms with E-state index in [4.69, 9.17) is 4.74 Å². The third kappa shape index (κ3) is 2.31. The Kier molecular flexibility index (Phi) is 3.39. The molecule has 1 aromatic heterocycles. The molecule has 3 rings (SSSR count). The van der Waals surface area contributed by atoms with Gasteiger partial charge in [-0.1, -0.05) is 0 Å². The van der Waals surface area contributed by atoms with Gasteiger partial charge >= 0.3 is 0 Å². The average Bonchev–Trinajstić information content (AvgIpc) is 2.87.